The fraction of sp³-hybridized carbons (Fsp3) is 0.591. The first-order chi connectivity index (χ1) is 14.9. The van der Waals surface area contributed by atoms with Gasteiger partial charge in [0.2, 0.25) is 5.16 Å². The highest BCUT2D eigenvalue weighted by atomic mass is 32.2. The number of carbonyl (C=O) groups excluding carboxylic acids is 1. The van der Waals surface area contributed by atoms with Crippen LogP contribution in [0.2, 0.25) is 0 Å². The zero-order chi connectivity index (χ0) is 22.4. The van der Waals surface area contributed by atoms with Gasteiger partial charge in [-0.2, -0.15) is 0 Å². The summed E-state index contributed by atoms with van der Waals surface area (Å²) in [6, 6.07) is 7.27. The molecule has 1 aliphatic rings. The van der Waals surface area contributed by atoms with Crippen LogP contribution >= 0.6 is 11.8 Å². The van der Waals surface area contributed by atoms with Gasteiger partial charge < -0.3 is 20.1 Å². The molecule has 0 radical (unpaired) electrons. The van der Waals surface area contributed by atoms with E-state index in [1.165, 1.54) is 22.9 Å². The highest BCUT2D eigenvalue weighted by Gasteiger charge is 2.33. The SMILES string of the molecule is COc1cccc(OCc2nnc(SCC(=O)OC3CC(C)CCC3C(C)C)n2N)c1. The predicted octanol–water partition coefficient (Wildman–Crippen LogP) is 3.68. The van der Waals surface area contributed by atoms with Gasteiger partial charge in [0.25, 0.3) is 0 Å². The minimum absolute atomic E-state index is 0.0144. The number of rotatable bonds is 9. The largest absolute Gasteiger partial charge is 0.497 e. The summed E-state index contributed by atoms with van der Waals surface area (Å²) in [5.41, 5.74) is 0. The number of carbonyl (C=O) groups is 1. The zero-order valence-corrected chi connectivity index (χ0v) is 19.4. The number of nitrogens with two attached hydrogens (primary N) is 1. The molecule has 1 aromatic heterocycles. The van der Waals surface area contributed by atoms with E-state index in [-0.39, 0.29) is 24.4 Å². The molecule has 0 bridgehead atoms. The number of aromatic nitrogens is 3. The molecule has 170 valence electrons. The Balaban J connectivity index is 1.51. The third kappa shape index (κ3) is 6.29. The summed E-state index contributed by atoms with van der Waals surface area (Å²) in [7, 11) is 1.60. The Morgan fingerprint density at radius 2 is 2.06 bits per heavy atom. The molecule has 0 amide bonds. The molecule has 3 rings (SSSR count). The van der Waals surface area contributed by atoms with E-state index in [0.29, 0.717) is 40.2 Å². The quantitative estimate of drug-likeness (QED) is 0.352. The van der Waals surface area contributed by atoms with E-state index in [2.05, 4.69) is 31.0 Å². The van der Waals surface area contributed by atoms with Gasteiger partial charge in [0.15, 0.2) is 5.82 Å². The molecule has 1 aliphatic carbocycles. The maximum absolute atomic E-state index is 12.5. The zero-order valence-electron chi connectivity index (χ0n) is 18.6. The number of nitrogen functional groups attached to an aromatic ring is 1. The van der Waals surface area contributed by atoms with Crippen LogP contribution in [0.15, 0.2) is 29.4 Å². The monoisotopic (exact) mass is 448 g/mol. The topological polar surface area (TPSA) is 101 Å². The molecule has 1 heterocycles. The minimum Gasteiger partial charge on any atom is -0.497 e. The Bertz CT molecular complexity index is 873. The maximum atomic E-state index is 12.5. The van der Waals surface area contributed by atoms with Crippen molar-refractivity contribution in [1.82, 2.24) is 14.9 Å². The van der Waals surface area contributed by atoms with Crippen LogP contribution < -0.4 is 15.3 Å². The molecule has 1 aromatic carbocycles. The molecular weight excluding hydrogens is 416 g/mol. The van der Waals surface area contributed by atoms with Crippen molar-refractivity contribution >= 4 is 17.7 Å². The first-order valence-electron chi connectivity index (χ1n) is 10.7. The lowest BCUT2D eigenvalue weighted by Crippen LogP contribution is -2.36. The van der Waals surface area contributed by atoms with Crippen molar-refractivity contribution in [3.63, 3.8) is 0 Å². The smallest absolute Gasteiger partial charge is 0.316 e. The van der Waals surface area contributed by atoms with Crippen molar-refractivity contribution in [1.29, 1.82) is 0 Å². The standard InChI is InChI=1S/C22H32N4O4S/c1-14(2)18-9-8-15(3)10-19(18)30-21(27)13-31-22-25-24-20(26(22)23)12-29-17-7-5-6-16(11-17)28-4/h5-7,11,14-15,18-19H,8-10,12-13,23H2,1-4H3. The molecule has 31 heavy (non-hydrogen) atoms. The molecule has 3 atom stereocenters. The highest BCUT2D eigenvalue weighted by molar-refractivity contribution is 7.99. The van der Waals surface area contributed by atoms with E-state index in [0.717, 1.165) is 12.8 Å². The van der Waals surface area contributed by atoms with Gasteiger partial charge >= 0.3 is 5.97 Å². The van der Waals surface area contributed by atoms with Crippen molar-refractivity contribution in [2.24, 2.45) is 17.8 Å². The van der Waals surface area contributed by atoms with Crippen LogP contribution in [0.25, 0.3) is 0 Å². The van der Waals surface area contributed by atoms with Gasteiger partial charge in [0.1, 0.15) is 24.2 Å². The van der Waals surface area contributed by atoms with Crippen LogP contribution in [-0.4, -0.2) is 39.8 Å². The average molecular weight is 449 g/mol. The summed E-state index contributed by atoms with van der Waals surface area (Å²) in [5.74, 6) is 9.29. The Hall–Kier alpha value is -2.42. The van der Waals surface area contributed by atoms with Crippen molar-refractivity contribution in [3.05, 3.63) is 30.1 Å². The number of hydrogen-bond donors (Lipinski definition) is 1. The predicted molar refractivity (Wildman–Crippen MR) is 119 cm³/mol. The third-order valence-electron chi connectivity index (χ3n) is 5.71. The van der Waals surface area contributed by atoms with E-state index in [1.807, 2.05) is 18.2 Å². The van der Waals surface area contributed by atoms with Crippen LogP contribution in [0.3, 0.4) is 0 Å². The van der Waals surface area contributed by atoms with Crippen LogP contribution in [0.4, 0.5) is 0 Å². The van der Waals surface area contributed by atoms with E-state index < -0.39 is 0 Å². The molecule has 8 nitrogen and oxygen atoms in total. The summed E-state index contributed by atoms with van der Waals surface area (Å²) in [6.07, 6.45) is 3.22. The fourth-order valence-electron chi connectivity index (χ4n) is 3.92. The molecule has 0 aliphatic heterocycles. The van der Waals surface area contributed by atoms with Crippen LogP contribution in [-0.2, 0) is 16.1 Å². The van der Waals surface area contributed by atoms with Gasteiger partial charge in [-0.15, -0.1) is 10.2 Å². The summed E-state index contributed by atoms with van der Waals surface area (Å²) in [5, 5.41) is 8.59. The Morgan fingerprint density at radius 1 is 1.29 bits per heavy atom. The molecule has 0 spiro atoms. The molecular formula is C22H32N4O4S. The number of esters is 1. The molecule has 0 saturated heterocycles. The number of nitrogens with zero attached hydrogens (tertiary/aromatic N) is 3. The normalized spacial score (nSPS) is 21.1. The average Bonchev–Trinajstić information content (AvgIpc) is 3.10. The molecule has 9 heteroatoms. The van der Waals surface area contributed by atoms with Crippen LogP contribution in [0.1, 0.15) is 45.9 Å². The first-order valence-corrected chi connectivity index (χ1v) is 11.6. The number of benzene rings is 1. The Morgan fingerprint density at radius 3 is 2.81 bits per heavy atom. The van der Waals surface area contributed by atoms with Gasteiger partial charge in [-0.1, -0.05) is 45.0 Å². The first kappa shape index (κ1) is 23.2. The Labute approximate surface area is 187 Å². The van der Waals surface area contributed by atoms with Gasteiger partial charge in [0.05, 0.1) is 12.9 Å². The lowest BCUT2D eigenvalue weighted by molar-refractivity contribution is -0.152. The second-order valence-corrected chi connectivity index (χ2v) is 9.32. The van der Waals surface area contributed by atoms with E-state index in [1.54, 1.807) is 13.2 Å². The molecule has 2 aromatic rings. The maximum Gasteiger partial charge on any atom is 0.316 e. The molecule has 3 unspecified atom stereocenters. The minimum atomic E-state index is -0.244. The summed E-state index contributed by atoms with van der Waals surface area (Å²) in [4.78, 5) is 12.5. The number of thioether (sulfide) groups is 1. The number of methoxy groups -OCH3 is 1. The van der Waals surface area contributed by atoms with Crippen molar-refractivity contribution in [3.8, 4) is 11.5 Å². The van der Waals surface area contributed by atoms with Crippen molar-refractivity contribution in [2.45, 2.75) is 57.9 Å². The molecule has 1 saturated carbocycles. The molecule has 2 N–H and O–H groups in total. The molecule has 1 fully saturated rings. The van der Waals surface area contributed by atoms with Gasteiger partial charge in [-0.25, -0.2) is 4.68 Å². The van der Waals surface area contributed by atoms with Crippen LogP contribution in [0, 0.1) is 17.8 Å². The second-order valence-electron chi connectivity index (χ2n) is 8.38. The van der Waals surface area contributed by atoms with E-state index >= 15 is 0 Å². The van der Waals surface area contributed by atoms with Gasteiger partial charge in [0, 0.05) is 6.07 Å². The van der Waals surface area contributed by atoms with E-state index in [4.69, 9.17) is 20.1 Å². The number of ether oxygens (including phenoxy) is 3. The van der Waals surface area contributed by atoms with E-state index in [9.17, 15) is 4.79 Å². The van der Waals surface area contributed by atoms with Crippen LogP contribution in [0.5, 0.6) is 11.5 Å². The van der Waals surface area contributed by atoms with Gasteiger partial charge in [-0.05, 0) is 42.7 Å². The highest BCUT2D eigenvalue weighted by Crippen LogP contribution is 2.35. The third-order valence-corrected chi connectivity index (χ3v) is 6.62. The fourth-order valence-corrected chi connectivity index (χ4v) is 4.58. The summed E-state index contributed by atoms with van der Waals surface area (Å²) >= 11 is 1.22. The number of hydrogen-bond acceptors (Lipinski definition) is 8. The van der Waals surface area contributed by atoms with Crippen molar-refractivity contribution in [2.75, 3.05) is 18.7 Å². The van der Waals surface area contributed by atoms with Gasteiger partial charge in [-0.3, -0.25) is 4.79 Å². The lowest BCUT2D eigenvalue weighted by atomic mass is 9.75. The lowest BCUT2D eigenvalue weighted by Gasteiger charge is -2.36. The summed E-state index contributed by atoms with van der Waals surface area (Å²) < 4.78 is 18.1. The van der Waals surface area contributed by atoms with Crippen molar-refractivity contribution < 1.29 is 19.0 Å². The second kappa shape index (κ2) is 10.7. The Kier molecular flexibility index (Phi) is 8.06. The summed E-state index contributed by atoms with van der Waals surface area (Å²) in [6.45, 7) is 6.76.